The van der Waals surface area contributed by atoms with E-state index in [0.717, 1.165) is 45.5 Å². The minimum Gasteiger partial charge on any atom is -0.394 e. The molecule has 0 aromatic rings. The molecule has 1 fully saturated rings. The van der Waals surface area contributed by atoms with Crippen molar-refractivity contribution in [1.82, 2.24) is 10.2 Å². The Morgan fingerprint density at radius 2 is 2.29 bits per heavy atom. The van der Waals surface area contributed by atoms with Crippen LogP contribution in [0.2, 0.25) is 0 Å². The first kappa shape index (κ1) is 14.9. The molecule has 0 spiro atoms. The molecule has 2 N–H and O–H groups in total. The average Bonchev–Trinajstić information content (AvgIpc) is 2.39. The third-order valence-corrected chi connectivity index (χ3v) is 3.83. The fourth-order valence-electron chi connectivity index (χ4n) is 2.21. The van der Waals surface area contributed by atoms with Crippen molar-refractivity contribution in [2.45, 2.75) is 44.8 Å². The summed E-state index contributed by atoms with van der Waals surface area (Å²) in [6.07, 6.45) is 3.64. The third kappa shape index (κ3) is 4.92. The van der Waals surface area contributed by atoms with E-state index in [9.17, 15) is 5.11 Å². The molecule has 0 saturated carbocycles. The van der Waals surface area contributed by atoms with Gasteiger partial charge in [-0.1, -0.05) is 6.92 Å². The number of aliphatic hydroxyl groups excluding tert-OH is 1. The number of aliphatic hydroxyl groups is 1. The quantitative estimate of drug-likeness (QED) is 0.697. The Morgan fingerprint density at radius 1 is 1.53 bits per heavy atom. The van der Waals surface area contributed by atoms with Crippen LogP contribution in [0.1, 0.15) is 33.1 Å². The summed E-state index contributed by atoms with van der Waals surface area (Å²) in [6, 6.07) is 0. The van der Waals surface area contributed by atoms with Gasteiger partial charge in [-0.25, -0.2) is 0 Å². The first-order valence-corrected chi connectivity index (χ1v) is 6.77. The lowest BCUT2D eigenvalue weighted by Crippen LogP contribution is -2.45. The van der Waals surface area contributed by atoms with E-state index in [-0.39, 0.29) is 12.1 Å². The molecule has 0 aromatic heterocycles. The van der Waals surface area contributed by atoms with E-state index in [2.05, 4.69) is 24.1 Å². The maximum absolute atomic E-state index is 9.31. The predicted octanol–water partition coefficient (Wildman–Crippen LogP) is 0.848. The maximum atomic E-state index is 9.31. The highest BCUT2D eigenvalue weighted by Gasteiger charge is 2.22. The summed E-state index contributed by atoms with van der Waals surface area (Å²) in [7, 11) is 1.91. The van der Waals surface area contributed by atoms with Crippen LogP contribution in [0.25, 0.3) is 0 Å². The summed E-state index contributed by atoms with van der Waals surface area (Å²) in [5.41, 5.74) is -0.129. The lowest BCUT2D eigenvalue weighted by Gasteiger charge is -2.33. The van der Waals surface area contributed by atoms with Crippen LogP contribution in [0.5, 0.6) is 0 Å². The van der Waals surface area contributed by atoms with Gasteiger partial charge in [0.05, 0.1) is 19.3 Å². The van der Waals surface area contributed by atoms with Gasteiger partial charge >= 0.3 is 0 Å². The second-order valence-electron chi connectivity index (χ2n) is 5.27. The summed E-state index contributed by atoms with van der Waals surface area (Å²) in [4.78, 5) is 2.48. The largest absolute Gasteiger partial charge is 0.394 e. The number of hydrogen-bond acceptors (Lipinski definition) is 4. The Hall–Kier alpha value is -0.160. The van der Waals surface area contributed by atoms with E-state index in [1.807, 2.05) is 7.05 Å². The molecule has 2 unspecified atom stereocenters. The lowest BCUT2D eigenvalue weighted by atomic mass is 9.97. The molecule has 2 atom stereocenters. The molecule has 1 heterocycles. The number of rotatable bonds is 7. The van der Waals surface area contributed by atoms with Gasteiger partial charge in [0.15, 0.2) is 0 Å². The van der Waals surface area contributed by atoms with Gasteiger partial charge < -0.3 is 15.2 Å². The second kappa shape index (κ2) is 7.31. The predicted molar refractivity (Wildman–Crippen MR) is 70.3 cm³/mol. The standard InChI is InChI=1S/C13H28N2O2/c1-4-12-10-15(8-9-17-12)7-5-6-13(2,11-16)14-3/h12,14,16H,4-11H2,1-3H3. The first-order chi connectivity index (χ1) is 8.13. The smallest absolute Gasteiger partial charge is 0.0700 e. The summed E-state index contributed by atoms with van der Waals surface area (Å²) in [5, 5.41) is 12.5. The van der Waals surface area contributed by atoms with Crippen molar-refractivity contribution in [3.8, 4) is 0 Å². The molecule has 1 saturated heterocycles. The fourth-order valence-corrected chi connectivity index (χ4v) is 2.21. The molecule has 4 nitrogen and oxygen atoms in total. The van der Waals surface area contributed by atoms with Crippen LogP contribution >= 0.6 is 0 Å². The van der Waals surface area contributed by atoms with E-state index < -0.39 is 0 Å². The number of likely N-dealkylation sites (N-methyl/N-ethyl adjacent to an activating group) is 1. The molecule has 0 amide bonds. The van der Waals surface area contributed by atoms with Crippen LogP contribution in [0.15, 0.2) is 0 Å². The summed E-state index contributed by atoms with van der Waals surface area (Å²) >= 11 is 0. The number of ether oxygens (including phenoxy) is 1. The van der Waals surface area contributed by atoms with Crippen LogP contribution in [-0.4, -0.2) is 61.5 Å². The van der Waals surface area contributed by atoms with Gasteiger partial charge in [0, 0.05) is 18.6 Å². The Morgan fingerprint density at radius 3 is 2.88 bits per heavy atom. The molecule has 1 aliphatic heterocycles. The first-order valence-electron chi connectivity index (χ1n) is 6.77. The molecular weight excluding hydrogens is 216 g/mol. The van der Waals surface area contributed by atoms with Gasteiger partial charge in [-0.05, 0) is 39.8 Å². The molecule has 0 aromatic carbocycles. The minimum atomic E-state index is -0.129. The zero-order valence-electron chi connectivity index (χ0n) is 11.5. The Kier molecular flexibility index (Phi) is 6.41. The van der Waals surface area contributed by atoms with E-state index in [1.54, 1.807) is 0 Å². The molecule has 4 heteroatoms. The van der Waals surface area contributed by atoms with Gasteiger partial charge in [-0.3, -0.25) is 4.90 Å². The van der Waals surface area contributed by atoms with Crippen molar-refractivity contribution in [3.63, 3.8) is 0 Å². The summed E-state index contributed by atoms with van der Waals surface area (Å²) in [5.74, 6) is 0. The van der Waals surface area contributed by atoms with Crippen LogP contribution in [0.4, 0.5) is 0 Å². The Balaban J connectivity index is 2.21. The van der Waals surface area contributed by atoms with Gasteiger partial charge in [-0.15, -0.1) is 0 Å². The molecule has 1 aliphatic rings. The zero-order valence-corrected chi connectivity index (χ0v) is 11.5. The molecule has 0 radical (unpaired) electrons. The van der Waals surface area contributed by atoms with Crippen molar-refractivity contribution in [2.75, 3.05) is 39.9 Å². The number of hydrogen-bond donors (Lipinski definition) is 2. The minimum absolute atomic E-state index is 0.129. The van der Waals surface area contributed by atoms with Crippen molar-refractivity contribution in [2.24, 2.45) is 0 Å². The number of nitrogens with zero attached hydrogens (tertiary/aromatic N) is 1. The van der Waals surface area contributed by atoms with Crippen molar-refractivity contribution in [3.05, 3.63) is 0 Å². The van der Waals surface area contributed by atoms with Crippen LogP contribution in [-0.2, 0) is 4.74 Å². The Bertz CT molecular complexity index is 208. The highest BCUT2D eigenvalue weighted by molar-refractivity contribution is 4.81. The fraction of sp³-hybridized carbons (Fsp3) is 1.00. The Labute approximate surface area is 105 Å². The maximum Gasteiger partial charge on any atom is 0.0700 e. The molecule has 0 aliphatic carbocycles. The topological polar surface area (TPSA) is 44.7 Å². The van der Waals surface area contributed by atoms with Gasteiger partial charge in [0.25, 0.3) is 0 Å². The van der Waals surface area contributed by atoms with Gasteiger partial charge in [-0.2, -0.15) is 0 Å². The van der Waals surface area contributed by atoms with E-state index >= 15 is 0 Å². The van der Waals surface area contributed by atoms with Gasteiger partial charge in [0.2, 0.25) is 0 Å². The van der Waals surface area contributed by atoms with E-state index in [4.69, 9.17) is 4.74 Å². The molecule has 102 valence electrons. The lowest BCUT2D eigenvalue weighted by molar-refractivity contribution is -0.0305. The van der Waals surface area contributed by atoms with Crippen LogP contribution in [0, 0.1) is 0 Å². The number of nitrogens with one attached hydrogen (secondary N) is 1. The number of morpholine rings is 1. The molecule has 0 bridgehead atoms. The summed E-state index contributed by atoms with van der Waals surface area (Å²) in [6.45, 7) is 8.53. The van der Waals surface area contributed by atoms with E-state index in [0.29, 0.717) is 6.10 Å². The highest BCUT2D eigenvalue weighted by Crippen LogP contribution is 2.13. The molecule has 1 rings (SSSR count). The monoisotopic (exact) mass is 244 g/mol. The second-order valence-corrected chi connectivity index (χ2v) is 5.27. The average molecular weight is 244 g/mol. The van der Waals surface area contributed by atoms with E-state index in [1.165, 1.54) is 0 Å². The molecule has 17 heavy (non-hydrogen) atoms. The van der Waals surface area contributed by atoms with Crippen molar-refractivity contribution in [1.29, 1.82) is 0 Å². The molecular formula is C13H28N2O2. The third-order valence-electron chi connectivity index (χ3n) is 3.83. The highest BCUT2D eigenvalue weighted by atomic mass is 16.5. The SMILES string of the molecule is CCC1CN(CCCC(C)(CO)NC)CCO1. The van der Waals surface area contributed by atoms with Crippen LogP contribution < -0.4 is 5.32 Å². The van der Waals surface area contributed by atoms with Crippen LogP contribution in [0.3, 0.4) is 0 Å². The summed E-state index contributed by atoms with van der Waals surface area (Å²) < 4.78 is 5.65. The van der Waals surface area contributed by atoms with Crippen molar-refractivity contribution < 1.29 is 9.84 Å². The van der Waals surface area contributed by atoms with Gasteiger partial charge in [0.1, 0.15) is 0 Å². The zero-order chi connectivity index (χ0) is 12.7. The normalized spacial score (nSPS) is 25.8. The van der Waals surface area contributed by atoms with Crippen molar-refractivity contribution >= 4 is 0 Å².